The maximum atomic E-state index is 12.5. The molecule has 1 N–H and O–H groups in total. The molecule has 1 amide bonds. The second-order valence-corrected chi connectivity index (χ2v) is 6.49. The molecule has 0 aliphatic heterocycles. The van der Waals surface area contributed by atoms with Crippen molar-refractivity contribution in [2.45, 2.75) is 25.3 Å². The van der Waals surface area contributed by atoms with Crippen LogP contribution in [0.25, 0.3) is 5.69 Å². The van der Waals surface area contributed by atoms with Gasteiger partial charge in [0, 0.05) is 30.0 Å². The highest BCUT2D eigenvalue weighted by Crippen LogP contribution is 2.40. The minimum Gasteiger partial charge on any atom is -0.497 e. The fourth-order valence-electron chi connectivity index (χ4n) is 3.13. The highest BCUT2D eigenvalue weighted by atomic mass is 16.5. The molecule has 6 nitrogen and oxygen atoms in total. The molecule has 2 atom stereocenters. The highest BCUT2D eigenvalue weighted by Gasteiger charge is 2.40. The molecule has 26 heavy (non-hydrogen) atoms. The molecule has 1 aliphatic rings. The zero-order valence-corrected chi connectivity index (χ0v) is 14.7. The Labute approximate surface area is 151 Å². The van der Waals surface area contributed by atoms with Gasteiger partial charge in [-0.15, -0.1) is 0 Å². The lowest BCUT2D eigenvalue weighted by molar-refractivity contribution is 0.0945. The third-order valence-electron chi connectivity index (χ3n) is 4.66. The molecule has 0 unspecified atom stereocenters. The molecular formula is C20H20N4O2. The van der Waals surface area contributed by atoms with Crippen molar-refractivity contribution in [3.63, 3.8) is 0 Å². The molecule has 1 aliphatic carbocycles. The molecule has 4 rings (SSSR count). The van der Waals surface area contributed by atoms with Crippen LogP contribution in [0.2, 0.25) is 0 Å². The van der Waals surface area contributed by atoms with Gasteiger partial charge < -0.3 is 10.1 Å². The fraction of sp³-hybridized carbons (Fsp3) is 0.250. The standard InChI is InChI=1S/C20H20N4O2/c1-13-10-19(23-24(13)15-5-7-16(26-2)8-6-15)20(25)22-18-11-17(18)14-4-3-9-21-12-14/h3-10,12,17-18H,11H2,1-2H3,(H,22,25)/t17-,18+/m1/s1. The number of nitrogens with zero attached hydrogens (tertiary/aromatic N) is 3. The number of methoxy groups -OCH3 is 1. The Morgan fingerprint density at radius 1 is 1.27 bits per heavy atom. The van der Waals surface area contributed by atoms with Crippen LogP contribution in [0.3, 0.4) is 0 Å². The summed E-state index contributed by atoms with van der Waals surface area (Å²) in [4.78, 5) is 16.7. The average Bonchev–Trinajstić information content (AvgIpc) is 3.33. The molecule has 1 aromatic carbocycles. The Bertz CT molecular complexity index is 919. The molecule has 132 valence electrons. The fourth-order valence-corrected chi connectivity index (χ4v) is 3.13. The number of aromatic nitrogens is 3. The first kappa shape index (κ1) is 16.3. The van der Waals surface area contributed by atoms with Gasteiger partial charge in [-0.1, -0.05) is 6.07 Å². The predicted octanol–water partition coefficient (Wildman–Crippen LogP) is 2.87. The summed E-state index contributed by atoms with van der Waals surface area (Å²) in [5.74, 6) is 0.987. The first-order chi connectivity index (χ1) is 12.7. The van der Waals surface area contributed by atoms with Crippen molar-refractivity contribution < 1.29 is 9.53 Å². The summed E-state index contributed by atoms with van der Waals surface area (Å²) in [6.07, 6.45) is 4.56. The number of pyridine rings is 1. The predicted molar refractivity (Wildman–Crippen MR) is 97.7 cm³/mol. The first-order valence-corrected chi connectivity index (χ1v) is 8.57. The summed E-state index contributed by atoms with van der Waals surface area (Å²) < 4.78 is 6.94. The quantitative estimate of drug-likeness (QED) is 0.770. The lowest BCUT2D eigenvalue weighted by Crippen LogP contribution is -2.27. The molecule has 0 bridgehead atoms. The van der Waals surface area contributed by atoms with E-state index in [1.165, 1.54) is 0 Å². The molecule has 6 heteroatoms. The van der Waals surface area contributed by atoms with Gasteiger partial charge in [-0.05, 0) is 55.3 Å². The molecule has 0 saturated heterocycles. The monoisotopic (exact) mass is 348 g/mol. The average molecular weight is 348 g/mol. The van der Waals surface area contributed by atoms with Crippen molar-refractivity contribution in [2.75, 3.05) is 7.11 Å². The van der Waals surface area contributed by atoms with Gasteiger partial charge in [0.1, 0.15) is 5.75 Å². The van der Waals surface area contributed by atoms with Crippen LogP contribution in [-0.2, 0) is 0 Å². The SMILES string of the molecule is COc1ccc(-n2nc(C(=O)N[C@H]3C[C@@H]3c3cccnc3)cc2C)cc1. The van der Waals surface area contributed by atoms with E-state index in [1.54, 1.807) is 24.1 Å². The van der Waals surface area contributed by atoms with Gasteiger partial charge in [0.15, 0.2) is 5.69 Å². The summed E-state index contributed by atoms with van der Waals surface area (Å²) in [6.45, 7) is 1.93. The van der Waals surface area contributed by atoms with Crippen LogP contribution in [0.15, 0.2) is 54.9 Å². The number of carbonyl (C=O) groups is 1. The van der Waals surface area contributed by atoms with E-state index in [2.05, 4.69) is 15.4 Å². The zero-order chi connectivity index (χ0) is 18.1. The van der Waals surface area contributed by atoms with E-state index in [4.69, 9.17) is 4.74 Å². The molecular weight excluding hydrogens is 328 g/mol. The number of aryl methyl sites for hydroxylation is 1. The summed E-state index contributed by atoms with van der Waals surface area (Å²) in [5.41, 5.74) is 3.38. The van der Waals surface area contributed by atoms with Gasteiger partial charge in [0.25, 0.3) is 5.91 Å². The van der Waals surface area contributed by atoms with Crippen LogP contribution in [0.4, 0.5) is 0 Å². The number of hydrogen-bond donors (Lipinski definition) is 1. The number of ether oxygens (including phenoxy) is 1. The highest BCUT2D eigenvalue weighted by molar-refractivity contribution is 5.93. The maximum absolute atomic E-state index is 12.5. The van der Waals surface area contributed by atoms with Gasteiger partial charge >= 0.3 is 0 Å². The molecule has 1 saturated carbocycles. The number of amides is 1. The van der Waals surface area contributed by atoms with E-state index in [-0.39, 0.29) is 11.9 Å². The Balaban J connectivity index is 1.46. The van der Waals surface area contributed by atoms with E-state index in [0.717, 1.165) is 29.1 Å². The number of hydrogen-bond acceptors (Lipinski definition) is 4. The van der Waals surface area contributed by atoms with Crippen LogP contribution in [-0.4, -0.2) is 33.8 Å². The van der Waals surface area contributed by atoms with Crippen LogP contribution in [0.1, 0.15) is 34.1 Å². The van der Waals surface area contributed by atoms with Crippen molar-refractivity contribution in [1.82, 2.24) is 20.1 Å². The molecule has 3 aromatic rings. The molecule has 2 aromatic heterocycles. The van der Waals surface area contributed by atoms with Crippen molar-refractivity contribution in [3.8, 4) is 11.4 Å². The minimum absolute atomic E-state index is 0.142. The molecule has 0 radical (unpaired) electrons. The Morgan fingerprint density at radius 3 is 2.77 bits per heavy atom. The van der Waals surface area contributed by atoms with Crippen LogP contribution >= 0.6 is 0 Å². The van der Waals surface area contributed by atoms with Crippen molar-refractivity contribution in [1.29, 1.82) is 0 Å². The lowest BCUT2D eigenvalue weighted by Gasteiger charge is -2.05. The van der Waals surface area contributed by atoms with Crippen molar-refractivity contribution in [2.24, 2.45) is 0 Å². The summed E-state index contributed by atoms with van der Waals surface area (Å²) in [7, 11) is 1.63. The molecule has 1 fully saturated rings. The zero-order valence-electron chi connectivity index (χ0n) is 14.7. The van der Waals surface area contributed by atoms with Gasteiger partial charge in [0.2, 0.25) is 0 Å². The summed E-state index contributed by atoms with van der Waals surface area (Å²) >= 11 is 0. The lowest BCUT2D eigenvalue weighted by atomic mass is 10.2. The van der Waals surface area contributed by atoms with Crippen LogP contribution < -0.4 is 10.1 Å². The third kappa shape index (κ3) is 3.18. The van der Waals surface area contributed by atoms with Crippen molar-refractivity contribution >= 4 is 5.91 Å². The first-order valence-electron chi connectivity index (χ1n) is 8.57. The Hall–Kier alpha value is -3.15. The van der Waals surface area contributed by atoms with Crippen molar-refractivity contribution in [3.05, 3.63) is 71.8 Å². The second kappa shape index (κ2) is 6.63. The topological polar surface area (TPSA) is 69.0 Å². The number of benzene rings is 1. The maximum Gasteiger partial charge on any atom is 0.272 e. The summed E-state index contributed by atoms with van der Waals surface area (Å²) in [5, 5.41) is 7.53. The number of carbonyl (C=O) groups excluding carboxylic acids is 1. The van der Waals surface area contributed by atoms with Gasteiger partial charge in [0.05, 0.1) is 12.8 Å². The Morgan fingerprint density at radius 2 is 2.08 bits per heavy atom. The number of rotatable bonds is 5. The van der Waals surface area contributed by atoms with Crippen LogP contribution in [0, 0.1) is 6.92 Å². The smallest absolute Gasteiger partial charge is 0.272 e. The van der Waals surface area contributed by atoms with Gasteiger partial charge in [-0.3, -0.25) is 9.78 Å². The summed E-state index contributed by atoms with van der Waals surface area (Å²) in [6, 6.07) is 13.5. The van der Waals surface area contributed by atoms with Gasteiger partial charge in [-0.25, -0.2) is 4.68 Å². The van der Waals surface area contributed by atoms with Gasteiger partial charge in [-0.2, -0.15) is 5.10 Å². The van der Waals surface area contributed by atoms with E-state index in [0.29, 0.717) is 11.6 Å². The number of nitrogens with one attached hydrogen (secondary N) is 1. The molecule has 2 heterocycles. The third-order valence-corrected chi connectivity index (χ3v) is 4.66. The van der Waals surface area contributed by atoms with E-state index in [1.807, 2.05) is 49.5 Å². The van der Waals surface area contributed by atoms with E-state index < -0.39 is 0 Å². The Kier molecular flexibility index (Phi) is 4.16. The van der Waals surface area contributed by atoms with E-state index >= 15 is 0 Å². The van der Waals surface area contributed by atoms with E-state index in [9.17, 15) is 4.79 Å². The largest absolute Gasteiger partial charge is 0.497 e. The second-order valence-electron chi connectivity index (χ2n) is 6.49. The normalized spacial score (nSPS) is 18.4. The van der Waals surface area contributed by atoms with Crippen LogP contribution in [0.5, 0.6) is 5.75 Å². The minimum atomic E-state index is -0.142. The molecule has 0 spiro atoms.